The van der Waals surface area contributed by atoms with Crippen molar-refractivity contribution in [1.82, 2.24) is 9.97 Å². The molecule has 0 unspecified atom stereocenters. The standard InChI is InChI=1S/C29H28N4O4/c1-3-35-28(34)26-18-30-29(32-21(26)2)33-31-17-24-14-15-25(36-19-22-10-6-4-7-11-22)16-27(24)37-20-23-12-8-5-9-13-23/h4-18H,3,19-20H2,1-2H3,(H,30,32,33)/b31-17+. The number of aromatic nitrogens is 2. The molecule has 188 valence electrons. The van der Waals surface area contributed by atoms with E-state index in [4.69, 9.17) is 14.2 Å². The van der Waals surface area contributed by atoms with Crippen LogP contribution in [-0.2, 0) is 18.0 Å². The van der Waals surface area contributed by atoms with E-state index in [0.29, 0.717) is 36.0 Å². The Morgan fingerprint density at radius 3 is 2.27 bits per heavy atom. The lowest BCUT2D eigenvalue weighted by molar-refractivity contribution is 0.0524. The summed E-state index contributed by atoms with van der Waals surface area (Å²) in [6, 6.07) is 25.5. The van der Waals surface area contributed by atoms with Crippen molar-refractivity contribution in [2.75, 3.05) is 12.0 Å². The highest BCUT2D eigenvalue weighted by atomic mass is 16.5. The molecule has 0 bridgehead atoms. The molecule has 0 spiro atoms. The number of hydrogen-bond acceptors (Lipinski definition) is 8. The summed E-state index contributed by atoms with van der Waals surface area (Å²) in [5.74, 6) is 1.11. The zero-order valence-corrected chi connectivity index (χ0v) is 20.8. The second-order valence-corrected chi connectivity index (χ2v) is 8.03. The average Bonchev–Trinajstić information content (AvgIpc) is 2.93. The second-order valence-electron chi connectivity index (χ2n) is 8.03. The highest BCUT2D eigenvalue weighted by Crippen LogP contribution is 2.26. The van der Waals surface area contributed by atoms with Crippen LogP contribution in [0.15, 0.2) is 90.2 Å². The van der Waals surface area contributed by atoms with Crippen LogP contribution in [0.5, 0.6) is 11.5 Å². The van der Waals surface area contributed by atoms with Gasteiger partial charge in [0.15, 0.2) is 0 Å². The molecule has 8 nitrogen and oxygen atoms in total. The second kappa shape index (κ2) is 12.8. The summed E-state index contributed by atoms with van der Waals surface area (Å²) < 4.78 is 17.1. The predicted octanol–water partition coefficient (Wildman–Crippen LogP) is 5.57. The molecule has 0 saturated heterocycles. The maximum Gasteiger partial charge on any atom is 0.341 e. The first-order chi connectivity index (χ1) is 18.1. The molecule has 1 heterocycles. The van der Waals surface area contributed by atoms with Gasteiger partial charge in [-0.25, -0.2) is 20.2 Å². The smallest absolute Gasteiger partial charge is 0.341 e. The summed E-state index contributed by atoms with van der Waals surface area (Å²) in [5, 5.41) is 4.27. The van der Waals surface area contributed by atoms with Gasteiger partial charge in [-0.1, -0.05) is 60.7 Å². The fraction of sp³-hybridized carbons (Fsp3) is 0.172. The van der Waals surface area contributed by atoms with Crippen LogP contribution in [0, 0.1) is 6.92 Å². The molecule has 4 aromatic rings. The molecule has 0 aliphatic heterocycles. The number of aryl methyl sites for hydroxylation is 1. The van der Waals surface area contributed by atoms with Crippen LogP contribution < -0.4 is 14.9 Å². The number of anilines is 1. The van der Waals surface area contributed by atoms with E-state index >= 15 is 0 Å². The zero-order chi connectivity index (χ0) is 25.9. The van der Waals surface area contributed by atoms with Crippen LogP contribution in [0.2, 0.25) is 0 Å². The number of carbonyl (C=O) groups excluding carboxylic acids is 1. The van der Waals surface area contributed by atoms with Crippen molar-refractivity contribution in [3.8, 4) is 11.5 Å². The Labute approximate surface area is 216 Å². The Morgan fingerprint density at radius 2 is 1.62 bits per heavy atom. The Kier molecular flexibility index (Phi) is 8.80. The number of rotatable bonds is 11. The molecule has 0 aliphatic carbocycles. The van der Waals surface area contributed by atoms with E-state index in [9.17, 15) is 4.79 Å². The van der Waals surface area contributed by atoms with E-state index in [1.165, 1.54) is 6.20 Å². The molecule has 8 heteroatoms. The summed E-state index contributed by atoms with van der Waals surface area (Å²) in [4.78, 5) is 20.4. The number of ether oxygens (including phenoxy) is 3. The maximum atomic E-state index is 12.0. The molecule has 0 fully saturated rings. The molecule has 0 amide bonds. The van der Waals surface area contributed by atoms with E-state index in [1.807, 2.05) is 78.9 Å². The molecule has 0 saturated carbocycles. The fourth-order valence-corrected chi connectivity index (χ4v) is 3.40. The van der Waals surface area contributed by atoms with Crippen LogP contribution in [0.1, 0.15) is 39.7 Å². The Bertz CT molecular complexity index is 1340. The summed E-state index contributed by atoms with van der Waals surface area (Å²) in [6.45, 7) is 4.60. The fourth-order valence-electron chi connectivity index (χ4n) is 3.40. The van der Waals surface area contributed by atoms with Gasteiger partial charge in [0.05, 0.1) is 24.1 Å². The third-order valence-electron chi connectivity index (χ3n) is 5.31. The number of nitrogens with zero attached hydrogens (tertiary/aromatic N) is 3. The van der Waals surface area contributed by atoms with Crippen molar-refractivity contribution < 1.29 is 19.0 Å². The Morgan fingerprint density at radius 1 is 0.946 bits per heavy atom. The van der Waals surface area contributed by atoms with E-state index in [0.717, 1.165) is 16.7 Å². The lowest BCUT2D eigenvalue weighted by Crippen LogP contribution is -2.10. The van der Waals surface area contributed by atoms with E-state index in [2.05, 4.69) is 20.5 Å². The van der Waals surface area contributed by atoms with Crippen LogP contribution in [0.3, 0.4) is 0 Å². The summed E-state index contributed by atoms with van der Waals surface area (Å²) in [6.07, 6.45) is 3.05. The Balaban J connectivity index is 1.48. The van der Waals surface area contributed by atoms with Gasteiger partial charge in [0.25, 0.3) is 0 Å². The van der Waals surface area contributed by atoms with Crippen molar-refractivity contribution in [3.05, 3.63) is 113 Å². The molecular weight excluding hydrogens is 468 g/mol. The lowest BCUT2D eigenvalue weighted by Gasteiger charge is -2.12. The maximum absolute atomic E-state index is 12.0. The highest BCUT2D eigenvalue weighted by molar-refractivity contribution is 5.90. The molecular formula is C29H28N4O4. The largest absolute Gasteiger partial charge is 0.489 e. The van der Waals surface area contributed by atoms with Crippen molar-refractivity contribution in [2.24, 2.45) is 5.10 Å². The minimum absolute atomic E-state index is 0.261. The lowest BCUT2D eigenvalue weighted by atomic mass is 10.2. The van der Waals surface area contributed by atoms with Gasteiger partial charge in [-0.3, -0.25) is 0 Å². The quantitative estimate of drug-likeness (QED) is 0.165. The summed E-state index contributed by atoms with van der Waals surface area (Å²) >= 11 is 0. The molecule has 0 radical (unpaired) electrons. The first kappa shape index (κ1) is 25.4. The molecule has 1 aromatic heterocycles. The molecule has 0 aliphatic rings. The topological polar surface area (TPSA) is 94.9 Å². The van der Waals surface area contributed by atoms with E-state index < -0.39 is 5.97 Å². The zero-order valence-electron chi connectivity index (χ0n) is 20.8. The van der Waals surface area contributed by atoms with Crippen molar-refractivity contribution >= 4 is 18.1 Å². The minimum atomic E-state index is -0.454. The van der Waals surface area contributed by atoms with Crippen LogP contribution in [-0.4, -0.2) is 28.8 Å². The van der Waals surface area contributed by atoms with Gasteiger partial charge in [-0.05, 0) is 37.1 Å². The van der Waals surface area contributed by atoms with Crippen LogP contribution in [0.25, 0.3) is 0 Å². The van der Waals surface area contributed by atoms with E-state index in [1.54, 1.807) is 20.1 Å². The highest BCUT2D eigenvalue weighted by Gasteiger charge is 2.12. The normalized spacial score (nSPS) is 10.8. The van der Waals surface area contributed by atoms with Gasteiger partial charge in [0.2, 0.25) is 5.95 Å². The van der Waals surface area contributed by atoms with Gasteiger partial charge in [-0.2, -0.15) is 5.10 Å². The predicted molar refractivity (Wildman–Crippen MR) is 142 cm³/mol. The van der Waals surface area contributed by atoms with Gasteiger partial charge in [0, 0.05) is 17.8 Å². The number of hydrazone groups is 1. The van der Waals surface area contributed by atoms with Gasteiger partial charge in [0.1, 0.15) is 24.7 Å². The van der Waals surface area contributed by atoms with Crippen molar-refractivity contribution in [1.29, 1.82) is 0 Å². The number of carbonyl (C=O) groups is 1. The average molecular weight is 497 g/mol. The Hall–Kier alpha value is -4.72. The SMILES string of the molecule is CCOC(=O)c1cnc(N/N=C/c2ccc(OCc3ccccc3)cc2OCc2ccccc2)nc1C. The number of hydrogen-bond donors (Lipinski definition) is 1. The van der Waals surface area contributed by atoms with Gasteiger partial charge >= 0.3 is 5.97 Å². The number of nitrogens with one attached hydrogen (secondary N) is 1. The number of benzene rings is 3. The molecule has 0 atom stereocenters. The van der Waals surface area contributed by atoms with Crippen molar-refractivity contribution in [2.45, 2.75) is 27.1 Å². The van der Waals surface area contributed by atoms with Gasteiger partial charge < -0.3 is 14.2 Å². The molecule has 1 N–H and O–H groups in total. The van der Waals surface area contributed by atoms with E-state index in [-0.39, 0.29) is 12.6 Å². The molecule has 4 rings (SSSR count). The third-order valence-corrected chi connectivity index (χ3v) is 5.31. The van der Waals surface area contributed by atoms with Crippen molar-refractivity contribution in [3.63, 3.8) is 0 Å². The monoisotopic (exact) mass is 496 g/mol. The van der Waals surface area contributed by atoms with Gasteiger partial charge in [-0.15, -0.1) is 0 Å². The third kappa shape index (κ3) is 7.38. The number of esters is 1. The first-order valence-corrected chi connectivity index (χ1v) is 11.9. The summed E-state index contributed by atoms with van der Waals surface area (Å²) in [5.41, 5.74) is 6.49. The molecule has 3 aromatic carbocycles. The first-order valence-electron chi connectivity index (χ1n) is 11.9. The van der Waals surface area contributed by atoms with Crippen LogP contribution in [0.4, 0.5) is 5.95 Å². The van der Waals surface area contributed by atoms with Crippen LogP contribution >= 0.6 is 0 Å². The molecule has 37 heavy (non-hydrogen) atoms. The minimum Gasteiger partial charge on any atom is -0.489 e. The summed E-state index contributed by atoms with van der Waals surface area (Å²) in [7, 11) is 0.